The Hall–Kier alpha value is -2.11. The maximum Gasteiger partial charge on any atom is 0.243 e. The first-order valence-corrected chi connectivity index (χ1v) is 14.7. The summed E-state index contributed by atoms with van der Waals surface area (Å²) in [6.07, 6.45) is 10.4. The zero-order valence-electron chi connectivity index (χ0n) is 24.9. The van der Waals surface area contributed by atoms with Crippen molar-refractivity contribution in [3.05, 3.63) is 52.7 Å². The molecule has 0 fully saturated rings. The average molecular weight is 512 g/mol. The molecule has 5 heteroatoms. The monoisotopic (exact) mass is 511 g/mol. The predicted molar refractivity (Wildman–Crippen MR) is 158 cm³/mol. The van der Waals surface area contributed by atoms with Crippen molar-refractivity contribution < 1.29 is 9.90 Å². The van der Waals surface area contributed by atoms with Crippen LogP contribution in [-0.4, -0.2) is 65.2 Å². The van der Waals surface area contributed by atoms with Gasteiger partial charge in [0.2, 0.25) is 5.91 Å². The van der Waals surface area contributed by atoms with Crippen LogP contribution in [0.1, 0.15) is 97.3 Å². The third-order valence-electron chi connectivity index (χ3n) is 8.87. The van der Waals surface area contributed by atoms with Gasteiger partial charge in [-0.3, -0.25) is 4.79 Å². The van der Waals surface area contributed by atoms with Gasteiger partial charge in [-0.25, -0.2) is 0 Å². The maximum atomic E-state index is 13.2. The first-order valence-electron chi connectivity index (χ1n) is 14.7. The summed E-state index contributed by atoms with van der Waals surface area (Å²) in [5.74, 6) is 0.136. The molecule has 0 aliphatic carbocycles. The molecule has 2 N–H and O–H groups in total. The van der Waals surface area contributed by atoms with E-state index in [0.717, 1.165) is 51.0 Å². The van der Waals surface area contributed by atoms with Crippen LogP contribution in [0.2, 0.25) is 0 Å². The summed E-state index contributed by atoms with van der Waals surface area (Å²) in [5.41, 5.74) is 4.19. The van der Waals surface area contributed by atoms with Gasteiger partial charge in [-0.1, -0.05) is 71.9 Å². The predicted octanol–water partition coefficient (Wildman–Crippen LogP) is 6.05. The Bertz CT molecular complexity index is 924. The van der Waals surface area contributed by atoms with E-state index >= 15 is 0 Å². The quantitative estimate of drug-likeness (QED) is 0.301. The van der Waals surface area contributed by atoms with Gasteiger partial charge >= 0.3 is 0 Å². The van der Waals surface area contributed by atoms with E-state index < -0.39 is 5.60 Å². The number of amides is 1. The number of aryl methyl sites for hydroxylation is 1. The number of nitrogens with zero attached hydrogens (tertiary/aromatic N) is 2. The normalized spacial score (nSPS) is 16.6. The van der Waals surface area contributed by atoms with E-state index in [1.165, 1.54) is 16.7 Å². The third-order valence-corrected chi connectivity index (χ3v) is 8.87. The number of aliphatic hydroxyl groups is 1. The lowest BCUT2D eigenvalue weighted by Crippen LogP contribution is -2.45. The van der Waals surface area contributed by atoms with Crippen molar-refractivity contribution in [1.82, 2.24) is 15.1 Å². The molecule has 0 spiro atoms. The van der Waals surface area contributed by atoms with Crippen molar-refractivity contribution in [3.63, 3.8) is 0 Å². The van der Waals surface area contributed by atoms with Gasteiger partial charge in [0.25, 0.3) is 0 Å². The van der Waals surface area contributed by atoms with Crippen LogP contribution in [0.5, 0.6) is 0 Å². The summed E-state index contributed by atoms with van der Waals surface area (Å²) in [6.45, 7) is 21.6. The Morgan fingerprint density at radius 3 is 2.24 bits per heavy atom. The van der Waals surface area contributed by atoms with E-state index in [4.69, 9.17) is 0 Å². The topological polar surface area (TPSA) is 55.8 Å². The fourth-order valence-corrected chi connectivity index (χ4v) is 5.73. The van der Waals surface area contributed by atoms with Crippen LogP contribution in [0.4, 0.5) is 0 Å². The summed E-state index contributed by atoms with van der Waals surface area (Å²) in [6, 6.07) is 6.62. The lowest BCUT2D eigenvalue weighted by atomic mass is 9.69. The number of hydrogen-bond acceptors (Lipinski definition) is 4. The van der Waals surface area contributed by atoms with Crippen LogP contribution in [0.25, 0.3) is 6.08 Å². The molecule has 1 unspecified atom stereocenters. The molecule has 1 atom stereocenters. The molecule has 0 radical (unpaired) electrons. The molecular formula is C32H53N3O2. The first kappa shape index (κ1) is 31.1. The second kappa shape index (κ2) is 14.2. The number of carbonyl (C=O) groups is 1. The Morgan fingerprint density at radius 2 is 1.73 bits per heavy atom. The summed E-state index contributed by atoms with van der Waals surface area (Å²) >= 11 is 0. The molecule has 0 bridgehead atoms. The SMILES string of the molecule is CCN(CC)CCNC(=O)C1CC(C(CC)(CC)c2ccc(/C=C/C(O)(CC)CC)c(C)c2)=CN1CC. The van der Waals surface area contributed by atoms with Crippen molar-refractivity contribution in [2.24, 2.45) is 0 Å². The van der Waals surface area contributed by atoms with Crippen LogP contribution >= 0.6 is 0 Å². The molecule has 5 nitrogen and oxygen atoms in total. The van der Waals surface area contributed by atoms with Crippen molar-refractivity contribution in [1.29, 1.82) is 0 Å². The van der Waals surface area contributed by atoms with E-state index in [9.17, 15) is 9.90 Å². The molecule has 37 heavy (non-hydrogen) atoms. The van der Waals surface area contributed by atoms with Crippen LogP contribution in [0, 0.1) is 6.92 Å². The maximum absolute atomic E-state index is 13.2. The Balaban J connectivity index is 2.27. The summed E-state index contributed by atoms with van der Waals surface area (Å²) in [4.78, 5) is 17.8. The Labute approximate surface area is 227 Å². The zero-order valence-corrected chi connectivity index (χ0v) is 24.9. The van der Waals surface area contributed by atoms with Gasteiger partial charge in [0.05, 0.1) is 5.60 Å². The van der Waals surface area contributed by atoms with Crippen molar-refractivity contribution >= 4 is 12.0 Å². The van der Waals surface area contributed by atoms with Gasteiger partial charge in [0, 0.05) is 37.7 Å². The highest BCUT2D eigenvalue weighted by atomic mass is 16.3. The molecule has 1 aromatic rings. The van der Waals surface area contributed by atoms with E-state index in [-0.39, 0.29) is 17.4 Å². The second-order valence-corrected chi connectivity index (χ2v) is 10.5. The number of nitrogens with one attached hydrogen (secondary N) is 1. The minimum Gasteiger partial charge on any atom is -0.386 e. The van der Waals surface area contributed by atoms with Crippen molar-refractivity contribution in [2.75, 3.05) is 32.7 Å². The van der Waals surface area contributed by atoms with Crippen LogP contribution in [0.15, 0.2) is 36.0 Å². The molecule has 1 aliphatic rings. The summed E-state index contributed by atoms with van der Waals surface area (Å²) in [7, 11) is 0. The summed E-state index contributed by atoms with van der Waals surface area (Å²) < 4.78 is 0. The second-order valence-electron chi connectivity index (χ2n) is 10.5. The van der Waals surface area contributed by atoms with Gasteiger partial charge in [0.15, 0.2) is 0 Å². The molecule has 208 valence electrons. The molecule has 1 amide bonds. The van der Waals surface area contributed by atoms with Crippen molar-refractivity contribution in [3.8, 4) is 0 Å². The van der Waals surface area contributed by atoms with Crippen molar-refractivity contribution in [2.45, 2.75) is 105 Å². The number of rotatable bonds is 15. The molecular weight excluding hydrogens is 458 g/mol. The fourth-order valence-electron chi connectivity index (χ4n) is 5.73. The lowest BCUT2D eigenvalue weighted by Gasteiger charge is -2.34. The highest BCUT2D eigenvalue weighted by Crippen LogP contribution is 2.44. The minimum atomic E-state index is -0.749. The zero-order chi connectivity index (χ0) is 27.6. The Morgan fingerprint density at radius 1 is 1.08 bits per heavy atom. The molecule has 0 saturated carbocycles. The largest absolute Gasteiger partial charge is 0.386 e. The first-order chi connectivity index (χ1) is 17.7. The highest BCUT2D eigenvalue weighted by Gasteiger charge is 2.40. The smallest absolute Gasteiger partial charge is 0.243 e. The summed E-state index contributed by atoms with van der Waals surface area (Å²) in [5, 5.41) is 13.9. The standard InChI is InChI=1S/C32H53N3O2/c1-9-31(37,10-2)19-18-26-16-17-27(22-25(26)8)32(11-3,12-4)28-23-29(35(15-7)24-28)30(36)33-20-21-34(13-5)14-6/h16-19,22,24,29,37H,9-15,20-21,23H2,1-8H3,(H,33,36)/b19-18+. The molecule has 0 saturated heterocycles. The van der Waals surface area contributed by atoms with Crippen LogP contribution < -0.4 is 5.32 Å². The van der Waals surface area contributed by atoms with Gasteiger partial charge in [-0.15, -0.1) is 0 Å². The van der Waals surface area contributed by atoms with Gasteiger partial charge in [-0.05, 0) is 74.9 Å². The third kappa shape index (κ3) is 7.26. The lowest BCUT2D eigenvalue weighted by molar-refractivity contribution is -0.125. The number of likely N-dealkylation sites (N-methyl/N-ethyl adjacent to an activating group) is 2. The minimum absolute atomic E-state index is 0.0930. The number of hydrogen-bond donors (Lipinski definition) is 2. The van der Waals surface area contributed by atoms with Crippen LogP contribution in [-0.2, 0) is 10.2 Å². The fraction of sp³-hybridized carbons (Fsp3) is 0.656. The van der Waals surface area contributed by atoms with Gasteiger partial charge in [-0.2, -0.15) is 0 Å². The Kier molecular flexibility index (Phi) is 11.9. The molecule has 1 heterocycles. The highest BCUT2D eigenvalue weighted by molar-refractivity contribution is 5.83. The van der Waals surface area contributed by atoms with Gasteiger partial charge in [0.1, 0.15) is 6.04 Å². The molecule has 1 aliphatic heterocycles. The molecule has 0 aromatic heterocycles. The van der Waals surface area contributed by atoms with E-state index in [1.54, 1.807) is 0 Å². The number of benzene rings is 1. The average Bonchev–Trinajstić information content (AvgIpc) is 3.36. The van der Waals surface area contributed by atoms with Gasteiger partial charge < -0.3 is 20.2 Å². The van der Waals surface area contributed by atoms with E-state index in [1.807, 2.05) is 19.9 Å². The van der Waals surface area contributed by atoms with Crippen LogP contribution in [0.3, 0.4) is 0 Å². The van der Waals surface area contributed by atoms with E-state index in [2.05, 4.69) is 87.1 Å². The molecule has 1 aromatic carbocycles. The molecule has 2 rings (SSSR count). The van der Waals surface area contributed by atoms with E-state index in [0.29, 0.717) is 19.4 Å². The number of carbonyl (C=O) groups excluding carboxylic acids is 1.